The van der Waals surface area contributed by atoms with Gasteiger partial charge in [0.05, 0.1) is 33.5 Å². The summed E-state index contributed by atoms with van der Waals surface area (Å²) in [6, 6.07) is 5.13. The molecule has 2 aromatic rings. The van der Waals surface area contributed by atoms with Crippen LogP contribution in [0.2, 0.25) is 0 Å². The van der Waals surface area contributed by atoms with E-state index < -0.39 is 94.8 Å². The third kappa shape index (κ3) is 5.21. The molecule has 0 amide bonds. The summed E-state index contributed by atoms with van der Waals surface area (Å²) in [6.07, 6.45) is -2.80. The zero-order valence-electron chi connectivity index (χ0n) is 26.3. The van der Waals surface area contributed by atoms with Crippen LogP contribution in [0.4, 0.5) is 0 Å². The zero-order valence-corrected chi connectivity index (χ0v) is 26.3. The van der Waals surface area contributed by atoms with Crippen molar-refractivity contribution in [2.24, 2.45) is 17.8 Å². The number of rotatable bonds is 8. The number of esters is 3. The van der Waals surface area contributed by atoms with Crippen LogP contribution in [0.1, 0.15) is 67.2 Å². The largest absolute Gasteiger partial charge is 0.507 e. The monoisotopic (exact) mass is 654 g/mol. The van der Waals surface area contributed by atoms with Crippen LogP contribution in [0.5, 0.6) is 23.0 Å². The fraction of sp³-hybridized carbons (Fsp3) is 0.455. The average Bonchev–Trinajstić information content (AvgIpc) is 3.37. The highest BCUT2D eigenvalue weighted by molar-refractivity contribution is 6.10. The molecule has 3 N–H and O–H groups in total. The Kier molecular flexibility index (Phi) is 8.41. The molecule has 3 aliphatic heterocycles. The molecule has 0 aromatic heterocycles. The van der Waals surface area contributed by atoms with Crippen molar-refractivity contribution in [2.75, 3.05) is 14.2 Å². The lowest BCUT2D eigenvalue weighted by molar-refractivity contribution is -0.177. The molecule has 2 aromatic carbocycles. The Morgan fingerprint density at radius 2 is 1.55 bits per heavy atom. The lowest BCUT2D eigenvalue weighted by Gasteiger charge is -2.42. The number of Topliss-reactive ketones (excluding diaryl/α,β-unsaturated/α-hetero) is 2. The molecular formula is C33H34O14. The van der Waals surface area contributed by atoms with Crippen molar-refractivity contribution in [3.05, 3.63) is 35.4 Å². The topological polar surface area (TPSA) is 209 Å². The number of hydrogen-bond acceptors (Lipinski definition) is 13. The van der Waals surface area contributed by atoms with Gasteiger partial charge in [-0.2, -0.15) is 0 Å². The van der Waals surface area contributed by atoms with Gasteiger partial charge >= 0.3 is 23.9 Å². The number of aromatic hydroxyl groups is 2. The molecule has 47 heavy (non-hydrogen) atoms. The number of carbonyl (C=O) groups excluding carboxylic acids is 5. The number of ether oxygens (including phenoxy) is 5. The predicted molar refractivity (Wildman–Crippen MR) is 158 cm³/mol. The van der Waals surface area contributed by atoms with Crippen LogP contribution in [0.15, 0.2) is 24.3 Å². The van der Waals surface area contributed by atoms with Gasteiger partial charge in [0, 0.05) is 29.4 Å². The quantitative estimate of drug-likeness (QED) is 0.276. The Bertz CT molecular complexity index is 1710. The van der Waals surface area contributed by atoms with Crippen LogP contribution in [-0.4, -0.2) is 82.3 Å². The van der Waals surface area contributed by atoms with Crippen molar-refractivity contribution in [2.45, 2.75) is 63.8 Å². The average molecular weight is 655 g/mol. The van der Waals surface area contributed by atoms with E-state index in [-0.39, 0.29) is 46.6 Å². The molecule has 1 fully saturated rings. The van der Waals surface area contributed by atoms with Gasteiger partial charge < -0.3 is 39.0 Å². The first-order valence-electron chi connectivity index (χ1n) is 14.9. The smallest absolute Gasteiger partial charge is 0.354 e. The van der Waals surface area contributed by atoms with E-state index in [1.807, 2.05) is 0 Å². The lowest BCUT2D eigenvalue weighted by Crippen LogP contribution is -2.59. The zero-order chi connectivity index (χ0) is 34.6. The molecule has 3 aliphatic rings. The molecule has 0 bridgehead atoms. The number of phenolic OH excluding ortho intramolecular Hbond substituents is 2. The minimum atomic E-state index is -2.13. The maximum Gasteiger partial charge on any atom is 0.354 e. The van der Waals surface area contributed by atoms with E-state index in [0.717, 1.165) is 14.2 Å². The summed E-state index contributed by atoms with van der Waals surface area (Å²) >= 11 is 0. The standard InChI is InChI=1S/C33H34O14/c1-14(10-23(37)38)16(3)32(30(41)43-4)12-21(36)26-22(46-32)9-7-17(27(26)40)18-6-8-19(34)25-20(35)13-33(31(42)44-5,47-28(18)25)29-15(2)11-24(39)45-29/h6-9,14-16,29,34,40H,10-13H2,1-5H3,(H,37,38)/t14-,15-,16+,29+,32-,33-/m0/s1. The van der Waals surface area contributed by atoms with Crippen molar-refractivity contribution >= 4 is 35.4 Å². The summed E-state index contributed by atoms with van der Waals surface area (Å²) in [5.41, 5.74) is -4.69. The second-order valence-electron chi connectivity index (χ2n) is 12.3. The molecule has 1 saturated heterocycles. The number of ketones is 2. The SMILES string of the molecule is COC(=O)[C@@]1([C@H](C)[C@@H](C)CC(=O)O)CC(=O)c2c(ccc(-c3ccc(O)c4c3O[C@](C(=O)OC)([C@@H]3OC(=O)C[C@@H]3C)CC4=O)c2O)O1. The van der Waals surface area contributed by atoms with Crippen LogP contribution in [0.3, 0.4) is 0 Å². The fourth-order valence-electron chi connectivity index (χ4n) is 6.84. The van der Waals surface area contributed by atoms with Gasteiger partial charge in [-0.1, -0.05) is 20.8 Å². The van der Waals surface area contributed by atoms with E-state index in [4.69, 9.17) is 23.7 Å². The highest BCUT2D eigenvalue weighted by Gasteiger charge is 2.61. The Hall–Kier alpha value is -5.14. The van der Waals surface area contributed by atoms with Crippen LogP contribution in [0.25, 0.3) is 11.1 Å². The molecule has 5 rings (SSSR count). The number of carboxylic acid groups (broad SMARTS) is 1. The fourth-order valence-corrected chi connectivity index (χ4v) is 6.84. The van der Waals surface area contributed by atoms with Crippen molar-refractivity contribution in [3.8, 4) is 34.1 Å². The predicted octanol–water partition coefficient (Wildman–Crippen LogP) is 3.22. The summed E-state index contributed by atoms with van der Waals surface area (Å²) < 4.78 is 27.8. The molecule has 0 spiro atoms. The van der Waals surface area contributed by atoms with Gasteiger partial charge in [-0.25, -0.2) is 9.59 Å². The molecule has 3 heterocycles. The van der Waals surface area contributed by atoms with Gasteiger partial charge in [-0.05, 0) is 30.2 Å². The first-order valence-corrected chi connectivity index (χ1v) is 14.9. The van der Waals surface area contributed by atoms with Crippen molar-refractivity contribution in [1.29, 1.82) is 0 Å². The Morgan fingerprint density at radius 3 is 2.15 bits per heavy atom. The molecule has 14 nitrogen and oxygen atoms in total. The molecule has 6 atom stereocenters. The van der Waals surface area contributed by atoms with Crippen molar-refractivity contribution < 1.29 is 67.8 Å². The third-order valence-electron chi connectivity index (χ3n) is 9.42. The number of hydrogen-bond donors (Lipinski definition) is 3. The summed E-state index contributed by atoms with van der Waals surface area (Å²) in [5.74, 6) is -8.64. The number of aliphatic carboxylic acids is 1. The van der Waals surface area contributed by atoms with Crippen LogP contribution in [-0.2, 0) is 33.4 Å². The molecule has 250 valence electrons. The van der Waals surface area contributed by atoms with Gasteiger partial charge in [0.2, 0.25) is 11.2 Å². The number of cyclic esters (lactones) is 1. The van der Waals surface area contributed by atoms with E-state index in [2.05, 4.69) is 0 Å². The van der Waals surface area contributed by atoms with Crippen LogP contribution >= 0.6 is 0 Å². The minimum absolute atomic E-state index is 0.00235. The maximum absolute atomic E-state index is 13.7. The lowest BCUT2D eigenvalue weighted by atomic mass is 9.73. The van der Waals surface area contributed by atoms with E-state index in [1.54, 1.807) is 20.8 Å². The number of phenols is 2. The van der Waals surface area contributed by atoms with Gasteiger partial charge in [0.15, 0.2) is 17.7 Å². The molecule has 0 aliphatic carbocycles. The first kappa shape index (κ1) is 33.2. The number of methoxy groups -OCH3 is 2. The number of benzene rings is 2. The van der Waals surface area contributed by atoms with Crippen LogP contribution < -0.4 is 9.47 Å². The molecule has 14 heteroatoms. The second kappa shape index (κ2) is 11.9. The van der Waals surface area contributed by atoms with Crippen LogP contribution in [0, 0.1) is 17.8 Å². The minimum Gasteiger partial charge on any atom is -0.507 e. The van der Waals surface area contributed by atoms with Crippen molar-refractivity contribution in [3.63, 3.8) is 0 Å². The highest BCUT2D eigenvalue weighted by Crippen LogP contribution is 2.52. The normalized spacial score (nSPS) is 26.1. The van der Waals surface area contributed by atoms with Gasteiger partial charge in [-0.3, -0.25) is 19.2 Å². The highest BCUT2D eigenvalue weighted by atomic mass is 16.6. The second-order valence-corrected chi connectivity index (χ2v) is 12.3. The van der Waals surface area contributed by atoms with Crippen molar-refractivity contribution in [1.82, 2.24) is 0 Å². The maximum atomic E-state index is 13.7. The number of carboxylic acids is 1. The summed E-state index contributed by atoms with van der Waals surface area (Å²) in [4.78, 5) is 77.3. The number of carbonyl (C=O) groups is 6. The first-order chi connectivity index (χ1) is 22.1. The summed E-state index contributed by atoms with van der Waals surface area (Å²) in [7, 11) is 2.19. The van der Waals surface area contributed by atoms with E-state index in [0.29, 0.717) is 0 Å². The Morgan fingerprint density at radius 1 is 0.915 bits per heavy atom. The van der Waals surface area contributed by atoms with E-state index >= 15 is 0 Å². The summed E-state index contributed by atoms with van der Waals surface area (Å²) in [5, 5.41) is 31.6. The Balaban J connectivity index is 1.64. The molecular weight excluding hydrogens is 620 g/mol. The molecule has 0 unspecified atom stereocenters. The number of fused-ring (bicyclic) bond motifs is 2. The van der Waals surface area contributed by atoms with Gasteiger partial charge in [0.25, 0.3) is 0 Å². The van der Waals surface area contributed by atoms with Gasteiger partial charge in [0.1, 0.15) is 34.1 Å². The molecule has 0 radical (unpaired) electrons. The van der Waals surface area contributed by atoms with E-state index in [1.165, 1.54) is 24.3 Å². The third-order valence-corrected chi connectivity index (χ3v) is 9.42. The van der Waals surface area contributed by atoms with Gasteiger partial charge in [-0.15, -0.1) is 0 Å². The molecule has 0 saturated carbocycles. The van der Waals surface area contributed by atoms with E-state index in [9.17, 15) is 44.1 Å². The summed E-state index contributed by atoms with van der Waals surface area (Å²) in [6.45, 7) is 4.82. The Labute approximate surface area is 268 Å².